The van der Waals surface area contributed by atoms with Crippen LogP contribution in [0.25, 0.3) is 0 Å². The average Bonchev–Trinajstić information content (AvgIpc) is 2.62. The van der Waals surface area contributed by atoms with E-state index in [0.717, 1.165) is 36.8 Å². The largest absolute Gasteiger partial charge is 0.384 e. The Morgan fingerprint density at radius 3 is 3.00 bits per heavy atom. The van der Waals surface area contributed by atoms with Gasteiger partial charge in [-0.05, 0) is 12.5 Å². The SMILES string of the molecule is COCCc1nc(CNCC(C)C)cs1. The zero-order valence-corrected chi connectivity index (χ0v) is 10.6. The van der Waals surface area contributed by atoms with Crippen molar-refractivity contribution < 1.29 is 4.74 Å². The number of ether oxygens (including phenoxy) is 1. The number of thiazole rings is 1. The molecule has 0 unspecified atom stereocenters. The van der Waals surface area contributed by atoms with Crippen LogP contribution < -0.4 is 5.32 Å². The van der Waals surface area contributed by atoms with Gasteiger partial charge in [0.25, 0.3) is 0 Å². The highest BCUT2D eigenvalue weighted by atomic mass is 32.1. The summed E-state index contributed by atoms with van der Waals surface area (Å²) in [6.45, 7) is 7.09. The van der Waals surface area contributed by atoms with Gasteiger partial charge in [-0.1, -0.05) is 13.8 Å². The zero-order chi connectivity index (χ0) is 11.1. The molecule has 0 aliphatic carbocycles. The lowest BCUT2D eigenvalue weighted by molar-refractivity contribution is 0.202. The van der Waals surface area contributed by atoms with Crippen molar-refractivity contribution in [3.05, 3.63) is 16.1 Å². The molecule has 1 aromatic rings. The first kappa shape index (κ1) is 12.6. The van der Waals surface area contributed by atoms with Gasteiger partial charge in [0.2, 0.25) is 0 Å². The molecular formula is C11H20N2OS. The molecule has 1 rings (SSSR count). The fourth-order valence-corrected chi connectivity index (χ4v) is 2.00. The normalized spacial score (nSPS) is 11.2. The Morgan fingerprint density at radius 1 is 1.53 bits per heavy atom. The highest BCUT2D eigenvalue weighted by molar-refractivity contribution is 7.09. The Hall–Kier alpha value is -0.450. The molecule has 0 atom stereocenters. The molecule has 0 saturated heterocycles. The van der Waals surface area contributed by atoms with Gasteiger partial charge in [0, 0.05) is 25.5 Å². The molecule has 1 aromatic heterocycles. The van der Waals surface area contributed by atoms with Crippen molar-refractivity contribution in [2.24, 2.45) is 5.92 Å². The van der Waals surface area contributed by atoms with Crippen LogP contribution in [0.3, 0.4) is 0 Å². The van der Waals surface area contributed by atoms with Gasteiger partial charge in [-0.2, -0.15) is 0 Å². The second-order valence-electron chi connectivity index (χ2n) is 4.00. The molecule has 0 bridgehead atoms. The molecule has 86 valence electrons. The fraction of sp³-hybridized carbons (Fsp3) is 0.727. The zero-order valence-electron chi connectivity index (χ0n) is 9.75. The van der Waals surface area contributed by atoms with Gasteiger partial charge in [-0.25, -0.2) is 4.98 Å². The number of rotatable bonds is 7. The molecule has 0 saturated carbocycles. The molecule has 3 nitrogen and oxygen atoms in total. The third kappa shape index (κ3) is 5.25. The number of aromatic nitrogens is 1. The van der Waals surface area contributed by atoms with Gasteiger partial charge in [-0.15, -0.1) is 11.3 Å². The summed E-state index contributed by atoms with van der Waals surface area (Å²) in [7, 11) is 1.72. The minimum atomic E-state index is 0.691. The van der Waals surface area contributed by atoms with Gasteiger partial charge in [0.05, 0.1) is 17.3 Å². The summed E-state index contributed by atoms with van der Waals surface area (Å²) >= 11 is 1.72. The average molecular weight is 228 g/mol. The molecule has 0 radical (unpaired) electrons. The first-order valence-electron chi connectivity index (χ1n) is 5.35. The Labute approximate surface area is 95.9 Å². The minimum absolute atomic E-state index is 0.691. The Kier molecular flexibility index (Phi) is 5.83. The van der Waals surface area contributed by atoms with Crippen molar-refractivity contribution in [1.29, 1.82) is 0 Å². The van der Waals surface area contributed by atoms with E-state index in [9.17, 15) is 0 Å². The van der Waals surface area contributed by atoms with E-state index in [0.29, 0.717) is 5.92 Å². The molecule has 1 heterocycles. The third-order valence-electron chi connectivity index (χ3n) is 1.98. The maximum absolute atomic E-state index is 5.02. The molecule has 0 aromatic carbocycles. The molecule has 0 spiro atoms. The van der Waals surface area contributed by atoms with Crippen molar-refractivity contribution in [3.63, 3.8) is 0 Å². The van der Waals surface area contributed by atoms with Gasteiger partial charge >= 0.3 is 0 Å². The molecule has 1 N–H and O–H groups in total. The predicted octanol–water partition coefficient (Wildman–Crippen LogP) is 2.08. The van der Waals surface area contributed by atoms with Crippen molar-refractivity contribution in [2.75, 3.05) is 20.3 Å². The highest BCUT2D eigenvalue weighted by Crippen LogP contribution is 2.10. The number of nitrogens with zero attached hydrogens (tertiary/aromatic N) is 1. The summed E-state index contributed by atoms with van der Waals surface area (Å²) in [6.07, 6.45) is 0.922. The standard InChI is InChI=1S/C11H20N2OS/c1-9(2)6-12-7-10-8-15-11(13-10)4-5-14-3/h8-9,12H,4-7H2,1-3H3. The summed E-state index contributed by atoms with van der Waals surface area (Å²) in [4.78, 5) is 4.52. The lowest BCUT2D eigenvalue weighted by atomic mass is 10.2. The third-order valence-corrected chi connectivity index (χ3v) is 2.94. The van der Waals surface area contributed by atoms with Crippen molar-refractivity contribution in [3.8, 4) is 0 Å². The highest BCUT2D eigenvalue weighted by Gasteiger charge is 2.01. The maximum atomic E-state index is 5.02. The molecule has 0 amide bonds. The number of hydrogen-bond acceptors (Lipinski definition) is 4. The summed E-state index contributed by atoms with van der Waals surface area (Å²) < 4.78 is 5.02. The van der Waals surface area contributed by atoms with Crippen LogP contribution in [0.1, 0.15) is 24.5 Å². The van der Waals surface area contributed by atoms with Crippen LogP contribution in [-0.2, 0) is 17.7 Å². The summed E-state index contributed by atoms with van der Waals surface area (Å²) in [6, 6.07) is 0. The van der Waals surface area contributed by atoms with Gasteiger partial charge < -0.3 is 10.1 Å². The Balaban J connectivity index is 2.26. The predicted molar refractivity (Wildman–Crippen MR) is 64.2 cm³/mol. The van der Waals surface area contributed by atoms with E-state index >= 15 is 0 Å². The minimum Gasteiger partial charge on any atom is -0.384 e. The molecular weight excluding hydrogens is 208 g/mol. The molecule has 0 fully saturated rings. The van der Waals surface area contributed by atoms with E-state index in [1.807, 2.05) is 0 Å². The van der Waals surface area contributed by atoms with E-state index in [4.69, 9.17) is 4.74 Å². The molecule has 0 aliphatic rings. The smallest absolute Gasteiger partial charge is 0.0951 e. The Morgan fingerprint density at radius 2 is 2.33 bits per heavy atom. The Bertz CT molecular complexity index is 273. The van der Waals surface area contributed by atoms with Crippen LogP contribution in [0.2, 0.25) is 0 Å². The van der Waals surface area contributed by atoms with Gasteiger partial charge in [0.15, 0.2) is 0 Å². The lowest BCUT2D eigenvalue weighted by Crippen LogP contribution is -2.19. The van der Waals surface area contributed by atoms with Gasteiger partial charge in [-0.3, -0.25) is 0 Å². The lowest BCUT2D eigenvalue weighted by Gasteiger charge is -2.04. The van der Waals surface area contributed by atoms with Crippen LogP contribution in [0, 0.1) is 5.92 Å². The summed E-state index contributed by atoms with van der Waals surface area (Å²) in [5.41, 5.74) is 1.15. The molecule has 15 heavy (non-hydrogen) atoms. The first-order chi connectivity index (χ1) is 7.22. The van der Waals surface area contributed by atoms with E-state index < -0.39 is 0 Å². The second kappa shape index (κ2) is 6.93. The van der Waals surface area contributed by atoms with Crippen LogP contribution in [-0.4, -0.2) is 25.2 Å². The van der Waals surface area contributed by atoms with Gasteiger partial charge in [0.1, 0.15) is 0 Å². The topological polar surface area (TPSA) is 34.1 Å². The van der Waals surface area contributed by atoms with E-state index in [-0.39, 0.29) is 0 Å². The van der Waals surface area contributed by atoms with Crippen molar-refractivity contribution in [2.45, 2.75) is 26.8 Å². The second-order valence-corrected chi connectivity index (χ2v) is 4.94. The van der Waals surface area contributed by atoms with Crippen LogP contribution in [0.15, 0.2) is 5.38 Å². The van der Waals surface area contributed by atoms with Crippen LogP contribution in [0.4, 0.5) is 0 Å². The van der Waals surface area contributed by atoms with E-state index in [1.165, 1.54) is 0 Å². The van der Waals surface area contributed by atoms with Crippen molar-refractivity contribution in [1.82, 2.24) is 10.3 Å². The maximum Gasteiger partial charge on any atom is 0.0951 e. The number of methoxy groups -OCH3 is 1. The van der Waals surface area contributed by atoms with Crippen molar-refractivity contribution >= 4 is 11.3 Å². The molecule has 4 heteroatoms. The summed E-state index contributed by atoms with van der Waals surface area (Å²) in [5.74, 6) is 0.691. The van der Waals surface area contributed by atoms with E-state index in [1.54, 1.807) is 18.4 Å². The van der Waals surface area contributed by atoms with E-state index in [2.05, 4.69) is 29.5 Å². The number of nitrogens with one attached hydrogen (secondary N) is 1. The first-order valence-corrected chi connectivity index (χ1v) is 6.23. The van der Waals surface area contributed by atoms with Crippen LogP contribution in [0.5, 0.6) is 0 Å². The quantitative estimate of drug-likeness (QED) is 0.776. The fourth-order valence-electron chi connectivity index (χ4n) is 1.22. The molecule has 0 aliphatic heterocycles. The monoisotopic (exact) mass is 228 g/mol. The summed E-state index contributed by atoms with van der Waals surface area (Å²) in [5, 5.41) is 6.67. The number of hydrogen-bond donors (Lipinski definition) is 1. The van der Waals surface area contributed by atoms with Crippen LogP contribution >= 0.6 is 11.3 Å².